The lowest BCUT2D eigenvalue weighted by atomic mass is 10.2. The van der Waals surface area contributed by atoms with E-state index in [9.17, 15) is 9.59 Å². The molecule has 1 unspecified atom stereocenters. The minimum absolute atomic E-state index is 0. The molecule has 2 fully saturated rings. The number of nitrogens with zero attached hydrogens (tertiary/aromatic N) is 3. The number of nitrogens with one attached hydrogen (secondary N) is 3. The zero-order valence-electron chi connectivity index (χ0n) is 18.1. The molecule has 11 heteroatoms. The molecular formula is C20H31IN6O4. The van der Waals surface area contributed by atoms with E-state index in [0.29, 0.717) is 19.0 Å². The lowest BCUT2D eigenvalue weighted by molar-refractivity contribution is -0.124. The van der Waals surface area contributed by atoms with Crippen LogP contribution in [-0.4, -0.2) is 87.7 Å². The third kappa shape index (κ3) is 6.86. The van der Waals surface area contributed by atoms with E-state index in [1.807, 2.05) is 18.2 Å². The predicted octanol–water partition coefficient (Wildman–Crippen LogP) is 0.613. The molecule has 3 rings (SSSR count). The fourth-order valence-electron chi connectivity index (χ4n) is 3.67. The molecule has 0 spiro atoms. The van der Waals surface area contributed by atoms with Gasteiger partial charge >= 0.3 is 6.03 Å². The molecule has 2 saturated heterocycles. The summed E-state index contributed by atoms with van der Waals surface area (Å²) >= 11 is 0. The van der Waals surface area contributed by atoms with Gasteiger partial charge in [-0.2, -0.15) is 0 Å². The normalized spacial score (nSPS) is 19.1. The van der Waals surface area contributed by atoms with Crippen molar-refractivity contribution in [2.45, 2.75) is 19.0 Å². The Morgan fingerprint density at radius 1 is 1.23 bits per heavy atom. The van der Waals surface area contributed by atoms with Gasteiger partial charge in [0.25, 0.3) is 0 Å². The number of carbonyl (C=O) groups excluding carboxylic acids is 2. The van der Waals surface area contributed by atoms with Crippen molar-refractivity contribution in [1.29, 1.82) is 0 Å². The maximum atomic E-state index is 11.6. The van der Waals surface area contributed by atoms with Gasteiger partial charge in [-0.25, -0.2) is 4.79 Å². The second kappa shape index (κ2) is 11.9. The monoisotopic (exact) mass is 546 g/mol. The molecular weight excluding hydrogens is 515 g/mol. The molecule has 0 saturated carbocycles. The standard InChI is InChI=1S/C20H30N6O4.HI/c1-21-19(22-5-7-26-18(27)11-23-20(26)28)24-15-4-6-25(13-15)12-14-8-16(29-2)10-17(9-14)30-3;/h8-10,15H,4-7,11-13H2,1-3H3,(H,23,28)(H2,21,22,24);1H. The second-order valence-corrected chi connectivity index (χ2v) is 7.29. The highest BCUT2D eigenvalue weighted by molar-refractivity contribution is 14.0. The van der Waals surface area contributed by atoms with Crippen LogP contribution in [0.3, 0.4) is 0 Å². The first-order valence-electron chi connectivity index (χ1n) is 10.0. The number of rotatable bonds is 8. The Bertz CT molecular complexity index is 768. The zero-order valence-corrected chi connectivity index (χ0v) is 20.5. The quantitative estimate of drug-likeness (QED) is 0.190. The van der Waals surface area contributed by atoms with Crippen LogP contribution in [0.4, 0.5) is 4.79 Å². The summed E-state index contributed by atoms with van der Waals surface area (Å²) in [7, 11) is 5.01. The smallest absolute Gasteiger partial charge is 0.324 e. The number of benzene rings is 1. The summed E-state index contributed by atoms with van der Waals surface area (Å²) < 4.78 is 10.7. The van der Waals surface area contributed by atoms with E-state index in [4.69, 9.17) is 9.47 Å². The fraction of sp³-hybridized carbons (Fsp3) is 0.550. The lowest BCUT2D eigenvalue weighted by Crippen LogP contribution is -2.47. The molecule has 0 bridgehead atoms. The Labute approximate surface area is 199 Å². The maximum absolute atomic E-state index is 11.6. The third-order valence-corrected chi connectivity index (χ3v) is 5.22. The Morgan fingerprint density at radius 3 is 2.52 bits per heavy atom. The molecule has 2 aliphatic heterocycles. The van der Waals surface area contributed by atoms with E-state index in [0.717, 1.165) is 43.1 Å². The minimum Gasteiger partial charge on any atom is -0.497 e. The summed E-state index contributed by atoms with van der Waals surface area (Å²) in [6, 6.07) is 5.84. The molecule has 1 aromatic rings. The number of ether oxygens (including phenoxy) is 2. The summed E-state index contributed by atoms with van der Waals surface area (Å²) in [6.07, 6.45) is 0.995. The van der Waals surface area contributed by atoms with Crippen LogP contribution in [0.2, 0.25) is 0 Å². The molecule has 172 valence electrons. The van der Waals surface area contributed by atoms with Crippen molar-refractivity contribution >= 4 is 41.9 Å². The number of methoxy groups -OCH3 is 2. The number of urea groups is 1. The molecule has 2 heterocycles. The topological polar surface area (TPSA) is 108 Å². The fourth-order valence-corrected chi connectivity index (χ4v) is 3.67. The van der Waals surface area contributed by atoms with E-state index in [1.54, 1.807) is 21.3 Å². The van der Waals surface area contributed by atoms with Gasteiger partial charge in [0.1, 0.15) is 11.5 Å². The van der Waals surface area contributed by atoms with E-state index in [1.165, 1.54) is 4.90 Å². The van der Waals surface area contributed by atoms with Crippen molar-refractivity contribution in [3.63, 3.8) is 0 Å². The molecule has 1 atom stereocenters. The van der Waals surface area contributed by atoms with Crippen molar-refractivity contribution < 1.29 is 19.1 Å². The number of amides is 3. The molecule has 3 amide bonds. The second-order valence-electron chi connectivity index (χ2n) is 7.29. The van der Waals surface area contributed by atoms with Crippen LogP contribution in [0.15, 0.2) is 23.2 Å². The Hall–Kier alpha value is -2.28. The summed E-state index contributed by atoms with van der Waals surface area (Å²) in [5, 5.41) is 9.10. The van der Waals surface area contributed by atoms with Gasteiger partial charge in [-0.3, -0.25) is 19.6 Å². The first kappa shape index (κ1) is 25.0. The van der Waals surface area contributed by atoms with Gasteiger partial charge in [0.15, 0.2) is 5.96 Å². The highest BCUT2D eigenvalue weighted by atomic mass is 127. The van der Waals surface area contributed by atoms with Crippen LogP contribution in [0.25, 0.3) is 0 Å². The van der Waals surface area contributed by atoms with Gasteiger partial charge in [-0.05, 0) is 24.1 Å². The van der Waals surface area contributed by atoms with Crippen LogP contribution >= 0.6 is 24.0 Å². The molecule has 31 heavy (non-hydrogen) atoms. The highest BCUT2D eigenvalue weighted by Crippen LogP contribution is 2.24. The number of hydrogen-bond acceptors (Lipinski definition) is 6. The zero-order chi connectivity index (χ0) is 21.5. The highest BCUT2D eigenvalue weighted by Gasteiger charge is 2.28. The average molecular weight is 546 g/mol. The van der Waals surface area contributed by atoms with Crippen molar-refractivity contribution in [3.05, 3.63) is 23.8 Å². The molecule has 10 nitrogen and oxygen atoms in total. The molecule has 0 radical (unpaired) electrons. The van der Waals surface area contributed by atoms with Crippen molar-refractivity contribution in [1.82, 2.24) is 25.8 Å². The summed E-state index contributed by atoms with van der Waals surface area (Å²) in [4.78, 5) is 31.0. The largest absolute Gasteiger partial charge is 0.497 e. The van der Waals surface area contributed by atoms with Crippen molar-refractivity contribution in [2.24, 2.45) is 4.99 Å². The molecule has 0 aliphatic carbocycles. The molecule has 1 aromatic carbocycles. The van der Waals surface area contributed by atoms with Crippen LogP contribution < -0.4 is 25.4 Å². The number of imide groups is 1. The Balaban J connectivity index is 0.00000341. The van der Waals surface area contributed by atoms with Crippen molar-refractivity contribution in [3.8, 4) is 11.5 Å². The van der Waals surface area contributed by atoms with Crippen LogP contribution in [0.1, 0.15) is 12.0 Å². The predicted molar refractivity (Wildman–Crippen MR) is 128 cm³/mol. The van der Waals surface area contributed by atoms with Crippen LogP contribution in [0.5, 0.6) is 11.5 Å². The van der Waals surface area contributed by atoms with Gasteiger partial charge in [-0.1, -0.05) is 0 Å². The summed E-state index contributed by atoms with van der Waals surface area (Å²) in [5.41, 5.74) is 1.14. The molecule has 2 aliphatic rings. The molecule has 0 aromatic heterocycles. The number of hydrogen-bond donors (Lipinski definition) is 3. The third-order valence-electron chi connectivity index (χ3n) is 5.22. The minimum atomic E-state index is -0.342. The van der Waals surface area contributed by atoms with Crippen LogP contribution in [-0.2, 0) is 11.3 Å². The number of likely N-dealkylation sites (tertiary alicyclic amines) is 1. The van der Waals surface area contributed by atoms with Gasteiger partial charge in [0.05, 0.1) is 20.8 Å². The van der Waals surface area contributed by atoms with Gasteiger partial charge in [-0.15, -0.1) is 24.0 Å². The Morgan fingerprint density at radius 2 is 1.94 bits per heavy atom. The lowest BCUT2D eigenvalue weighted by Gasteiger charge is -2.20. The summed E-state index contributed by atoms with van der Waals surface area (Å²) in [6.45, 7) is 3.48. The average Bonchev–Trinajstić information content (AvgIpc) is 3.33. The summed E-state index contributed by atoms with van der Waals surface area (Å²) in [5.74, 6) is 2.03. The number of carbonyl (C=O) groups is 2. The number of halogens is 1. The number of aliphatic imine (C=N–C) groups is 1. The van der Waals surface area contributed by atoms with Gasteiger partial charge in [0.2, 0.25) is 5.91 Å². The van der Waals surface area contributed by atoms with E-state index < -0.39 is 0 Å². The Kier molecular flexibility index (Phi) is 9.62. The maximum Gasteiger partial charge on any atom is 0.324 e. The first-order valence-corrected chi connectivity index (χ1v) is 10.0. The number of guanidine groups is 1. The SMILES string of the molecule is CN=C(NCCN1C(=O)CNC1=O)NC1CCN(Cc2cc(OC)cc(OC)c2)C1.I. The van der Waals surface area contributed by atoms with Crippen LogP contribution in [0, 0.1) is 0 Å². The van der Waals surface area contributed by atoms with E-state index in [-0.39, 0.29) is 48.5 Å². The van der Waals surface area contributed by atoms with Crippen molar-refractivity contribution in [2.75, 3.05) is 54.0 Å². The van der Waals surface area contributed by atoms with Gasteiger partial charge < -0.3 is 25.4 Å². The first-order chi connectivity index (χ1) is 14.5. The molecule has 3 N–H and O–H groups in total. The van der Waals surface area contributed by atoms with E-state index in [2.05, 4.69) is 25.8 Å². The van der Waals surface area contributed by atoms with Gasteiger partial charge in [0, 0.05) is 51.9 Å². The van der Waals surface area contributed by atoms with E-state index >= 15 is 0 Å².